The molecule has 0 spiro atoms. The van der Waals surface area contributed by atoms with E-state index in [2.05, 4.69) is 58.6 Å². The van der Waals surface area contributed by atoms with E-state index in [0.29, 0.717) is 6.04 Å². The highest BCUT2D eigenvalue weighted by Gasteiger charge is 2.23. The largest absolute Gasteiger partial charge is 0.369 e. The smallest absolute Gasteiger partial charge is 0.191 e. The first-order chi connectivity index (χ1) is 10.7. The van der Waals surface area contributed by atoms with Crippen LogP contribution in [0, 0.1) is 6.92 Å². The summed E-state index contributed by atoms with van der Waals surface area (Å²) in [5.41, 5.74) is 2.63. The van der Waals surface area contributed by atoms with Crippen LogP contribution >= 0.6 is 24.0 Å². The predicted octanol–water partition coefficient (Wildman–Crippen LogP) is 3.55. The molecule has 0 radical (unpaired) electrons. The molecule has 1 fully saturated rings. The average Bonchev–Trinajstić information content (AvgIpc) is 2.99. The number of rotatable bonds is 6. The van der Waals surface area contributed by atoms with Gasteiger partial charge >= 0.3 is 0 Å². The molecule has 2 rings (SSSR count). The third-order valence-corrected chi connectivity index (χ3v) is 4.22. The zero-order valence-electron chi connectivity index (χ0n) is 14.6. The quantitative estimate of drug-likeness (QED) is 0.314. The summed E-state index contributed by atoms with van der Waals surface area (Å²) in [7, 11) is 1.85. The number of benzene rings is 1. The molecule has 1 unspecified atom stereocenters. The van der Waals surface area contributed by atoms with Crippen molar-refractivity contribution >= 4 is 35.6 Å². The Balaban J connectivity index is 0.00000264. The van der Waals surface area contributed by atoms with E-state index in [1.807, 2.05) is 7.05 Å². The number of nitrogens with zero attached hydrogens (tertiary/aromatic N) is 2. The van der Waals surface area contributed by atoms with Crippen molar-refractivity contribution in [1.82, 2.24) is 10.6 Å². The van der Waals surface area contributed by atoms with Gasteiger partial charge in [0.1, 0.15) is 0 Å². The first kappa shape index (κ1) is 20.1. The van der Waals surface area contributed by atoms with Crippen molar-refractivity contribution in [2.75, 3.05) is 31.6 Å². The minimum atomic E-state index is 0. The van der Waals surface area contributed by atoms with Crippen LogP contribution in [-0.2, 0) is 0 Å². The first-order valence-electron chi connectivity index (χ1n) is 8.51. The Kier molecular flexibility index (Phi) is 9.36. The van der Waals surface area contributed by atoms with Crippen LogP contribution in [0.3, 0.4) is 0 Å². The maximum absolute atomic E-state index is 4.33. The van der Waals surface area contributed by atoms with Crippen molar-refractivity contribution in [2.24, 2.45) is 4.99 Å². The van der Waals surface area contributed by atoms with Gasteiger partial charge in [0.15, 0.2) is 5.96 Å². The van der Waals surface area contributed by atoms with E-state index in [-0.39, 0.29) is 24.0 Å². The summed E-state index contributed by atoms with van der Waals surface area (Å²) >= 11 is 0. The topological polar surface area (TPSA) is 39.7 Å². The molecule has 1 aromatic carbocycles. The summed E-state index contributed by atoms with van der Waals surface area (Å²) in [5, 5.41) is 6.96. The van der Waals surface area contributed by atoms with Gasteiger partial charge in [0.25, 0.3) is 0 Å². The number of aliphatic imine (C=N–C) groups is 1. The molecule has 23 heavy (non-hydrogen) atoms. The van der Waals surface area contributed by atoms with Gasteiger partial charge in [-0.05, 0) is 31.9 Å². The summed E-state index contributed by atoms with van der Waals surface area (Å²) in [6, 6.07) is 9.28. The highest BCUT2D eigenvalue weighted by Crippen LogP contribution is 2.20. The second-order valence-corrected chi connectivity index (χ2v) is 6.12. The van der Waals surface area contributed by atoms with E-state index >= 15 is 0 Å². The number of aryl methyl sites for hydroxylation is 1. The predicted molar refractivity (Wildman–Crippen MR) is 111 cm³/mol. The molecule has 4 nitrogen and oxygen atoms in total. The van der Waals surface area contributed by atoms with Gasteiger partial charge in [-0.3, -0.25) is 4.99 Å². The minimum absolute atomic E-state index is 0. The van der Waals surface area contributed by atoms with Crippen LogP contribution in [0.15, 0.2) is 29.3 Å². The molecule has 1 aliphatic rings. The van der Waals surface area contributed by atoms with Crippen molar-refractivity contribution in [1.29, 1.82) is 0 Å². The number of halogens is 1. The Morgan fingerprint density at radius 1 is 1.26 bits per heavy atom. The molecular weight excluding hydrogens is 399 g/mol. The first-order valence-corrected chi connectivity index (χ1v) is 8.51. The molecule has 0 aliphatic carbocycles. The maximum Gasteiger partial charge on any atom is 0.191 e. The number of unbranched alkanes of at least 4 members (excludes halogenated alkanes) is 2. The van der Waals surface area contributed by atoms with E-state index in [4.69, 9.17) is 0 Å². The molecule has 1 atom stereocenters. The summed E-state index contributed by atoms with van der Waals surface area (Å²) < 4.78 is 0. The second-order valence-electron chi connectivity index (χ2n) is 6.12. The van der Waals surface area contributed by atoms with Gasteiger partial charge in [0, 0.05) is 38.4 Å². The fourth-order valence-corrected chi connectivity index (χ4v) is 2.84. The van der Waals surface area contributed by atoms with Crippen LogP contribution < -0.4 is 15.5 Å². The Morgan fingerprint density at radius 3 is 2.65 bits per heavy atom. The highest BCUT2D eigenvalue weighted by atomic mass is 127. The zero-order valence-corrected chi connectivity index (χ0v) is 17.0. The number of guanidine groups is 1. The molecule has 0 aromatic heterocycles. The van der Waals surface area contributed by atoms with Gasteiger partial charge in [-0.25, -0.2) is 0 Å². The number of hydrogen-bond donors (Lipinski definition) is 2. The molecule has 0 amide bonds. The van der Waals surface area contributed by atoms with Gasteiger partial charge in [0.05, 0.1) is 0 Å². The zero-order chi connectivity index (χ0) is 15.8. The summed E-state index contributed by atoms with van der Waals surface area (Å²) in [6.45, 7) is 7.51. The van der Waals surface area contributed by atoms with Crippen molar-refractivity contribution < 1.29 is 0 Å². The summed E-state index contributed by atoms with van der Waals surface area (Å²) in [5.74, 6) is 0.937. The lowest BCUT2D eigenvalue weighted by Crippen LogP contribution is -2.44. The molecule has 130 valence electrons. The molecule has 1 aliphatic heterocycles. The van der Waals surface area contributed by atoms with Crippen LogP contribution in [0.25, 0.3) is 0 Å². The maximum atomic E-state index is 4.33. The molecule has 5 heteroatoms. The average molecular weight is 430 g/mol. The lowest BCUT2D eigenvalue weighted by atomic mass is 10.2. The lowest BCUT2D eigenvalue weighted by Gasteiger charge is -2.20. The lowest BCUT2D eigenvalue weighted by molar-refractivity contribution is 0.633. The van der Waals surface area contributed by atoms with E-state index in [1.54, 1.807) is 0 Å². The summed E-state index contributed by atoms with van der Waals surface area (Å²) in [4.78, 5) is 6.78. The minimum Gasteiger partial charge on any atom is -0.369 e. The standard InChI is InChI=1S/C18H30N4.HI/c1-4-5-6-12-20-18(19-3)21-16-11-13-22(14-16)17-9-7-15(2)8-10-17;/h7-10,16H,4-6,11-14H2,1-3H3,(H2,19,20,21);1H. The molecule has 2 N–H and O–H groups in total. The van der Waals surface area contributed by atoms with E-state index in [9.17, 15) is 0 Å². The van der Waals surface area contributed by atoms with Crippen LogP contribution in [0.5, 0.6) is 0 Å². The Hall–Kier alpha value is -0.980. The number of anilines is 1. The number of hydrogen-bond acceptors (Lipinski definition) is 2. The van der Waals surface area contributed by atoms with Crippen molar-refractivity contribution in [2.45, 2.75) is 45.6 Å². The SMILES string of the molecule is CCCCCNC(=NC)NC1CCN(c2ccc(C)cc2)C1.I. The van der Waals surface area contributed by atoms with Crippen molar-refractivity contribution in [3.63, 3.8) is 0 Å². The Morgan fingerprint density at radius 2 is 2.00 bits per heavy atom. The molecule has 1 heterocycles. The molecule has 0 saturated carbocycles. The van der Waals surface area contributed by atoms with Gasteiger partial charge in [-0.1, -0.05) is 37.5 Å². The fourth-order valence-electron chi connectivity index (χ4n) is 2.84. The Bertz CT molecular complexity index is 472. The molecule has 1 saturated heterocycles. The van der Waals surface area contributed by atoms with Crippen LogP contribution in [-0.4, -0.2) is 38.7 Å². The van der Waals surface area contributed by atoms with Crippen LogP contribution in [0.1, 0.15) is 38.2 Å². The van der Waals surface area contributed by atoms with Crippen LogP contribution in [0.4, 0.5) is 5.69 Å². The van der Waals surface area contributed by atoms with Gasteiger partial charge in [-0.2, -0.15) is 0 Å². The molecular formula is C18H31IN4. The van der Waals surface area contributed by atoms with Crippen molar-refractivity contribution in [3.05, 3.63) is 29.8 Å². The van der Waals surface area contributed by atoms with Gasteiger partial charge in [-0.15, -0.1) is 24.0 Å². The normalized spacial score (nSPS) is 17.8. The Labute approximate surface area is 158 Å². The molecule has 0 bridgehead atoms. The van der Waals surface area contributed by atoms with E-state index in [0.717, 1.165) is 32.0 Å². The van der Waals surface area contributed by atoms with Crippen molar-refractivity contribution in [3.8, 4) is 0 Å². The fraction of sp³-hybridized carbons (Fsp3) is 0.611. The third kappa shape index (κ3) is 6.57. The summed E-state index contributed by atoms with van der Waals surface area (Å²) in [6.07, 6.45) is 4.89. The van der Waals surface area contributed by atoms with Crippen LogP contribution in [0.2, 0.25) is 0 Å². The monoisotopic (exact) mass is 430 g/mol. The van der Waals surface area contributed by atoms with E-state index < -0.39 is 0 Å². The third-order valence-electron chi connectivity index (χ3n) is 4.22. The van der Waals surface area contributed by atoms with E-state index in [1.165, 1.54) is 30.5 Å². The highest BCUT2D eigenvalue weighted by molar-refractivity contribution is 14.0. The van der Waals surface area contributed by atoms with Gasteiger partial charge < -0.3 is 15.5 Å². The second kappa shape index (κ2) is 10.7. The molecule has 1 aromatic rings. The van der Waals surface area contributed by atoms with Gasteiger partial charge in [0.2, 0.25) is 0 Å². The number of nitrogens with one attached hydrogen (secondary N) is 2.